The van der Waals surface area contributed by atoms with Gasteiger partial charge in [-0.25, -0.2) is 0 Å². The molecule has 70 valence electrons. The van der Waals surface area contributed by atoms with Gasteiger partial charge in [-0.05, 0) is 38.6 Å². The van der Waals surface area contributed by atoms with E-state index in [-0.39, 0.29) is 0 Å². The lowest BCUT2D eigenvalue weighted by atomic mass is 10.2. The highest BCUT2D eigenvalue weighted by atomic mass is 32.2. The van der Waals surface area contributed by atoms with E-state index >= 15 is 0 Å². The molecule has 0 N–H and O–H groups in total. The summed E-state index contributed by atoms with van der Waals surface area (Å²) in [5, 5.41) is 0.821. The van der Waals surface area contributed by atoms with Crippen molar-refractivity contribution in [2.45, 2.75) is 24.5 Å². The Hall–Kier alpha value is -0.0200. The maximum Gasteiger partial charge on any atom is 0.133 e. The van der Waals surface area contributed by atoms with Gasteiger partial charge in [0.25, 0.3) is 0 Å². The number of rotatable bonds is 3. The molecule has 0 spiro atoms. The fraction of sp³-hybridized carbons (Fsp3) is 0.889. The molecule has 0 radical (unpaired) electrons. The molecule has 1 heterocycles. The molecule has 1 fully saturated rings. The predicted octanol–water partition coefficient (Wildman–Crippen LogP) is 1.40. The van der Waals surface area contributed by atoms with Crippen LogP contribution in [0.2, 0.25) is 0 Å². The van der Waals surface area contributed by atoms with Crippen molar-refractivity contribution in [2.24, 2.45) is 0 Å². The van der Waals surface area contributed by atoms with Crippen molar-refractivity contribution in [3.8, 4) is 0 Å². The van der Waals surface area contributed by atoms with Crippen LogP contribution in [0.25, 0.3) is 0 Å². The molecule has 0 aromatic carbocycles. The summed E-state index contributed by atoms with van der Waals surface area (Å²) in [6.45, 7) is 2.83. The van der Waals surface area contributed by atoms with Crippen LogP contribution >= 0.6 is 11.8 Å². The van der Waals surface area contributed by atoms with Gasteiger partial charge in [-0.3, -0.25) is 4.90 Å². The fourth-order valence-corrected chi connectivity index (χ4v) is 2.39. The highest BCUT2D eigenvalue weighted by molar-refractivity contribution is 7.99. The first-order valence-corrected chi connectivity index (χ1v) is 5.84. The molecule has 0 aliphatic carbocycles. The van der Waals surface area contributed by atoms with Gasteiger partial charge in [-0.2, -0.15) is 11.8 Å². The molecule has 0 aromatic heterocycles. The van der Waals surface area contributed by atoms with Crippen LogP contribution in [0.15, 0.2) is 0 Å². The lowest BCUT2D eigenvalue weighted by Gasteiger charge is -2.15. The van der Waals surface area contributed by atoms with Crippen LogP contribution in [0.4, 0.5) is 0 Å². The summed E-state index contributed by atoms with van der Waals surface area (Å²) in [4.78, 5) is 12.5. The van der Waals surface area contributed by atoms with Crippen LogP contribution in [-0.4, -0.2) is 42.3 Å². The average molecular weight is 187 g/mol. The Balaban J connectivity index is 2.28. The van der Waals surface area contributed by atoms with Gasteiger partial charge in [0.05, 0.1) is 6.54 Å². The van der Waals surface area contributed by atoms with Gasteiger partial charge in [-0.15, -0.1) is 0 Å². The van der Waals surface area contributed by atoms with Crippen LogP contribution in [0.1, 0.15) is 19.3 Å². The summed E-state index contributed by atoms with van der Waals surface area (Å²) in [7, 11) is 0. The Bertz CT molecular complexity index is 140. The molecule has 12 heavy (non-hydrogen) atoms. The van der Waals surface area contributed by atoms with Crippen LogP contribution in [0.3, 0.4) is 0 Å². The summed E-state index contributed by atoms with van der Waals surface area (Å²) in [5.74, 6) is 0. The Kier molecular flexibility index (Phi) is 4.69. The van der Waals surface area contributed by atoms with Crippen molar-refractivity contribution >= 4 is 18.0 Å². The van der Waals surface area contributed by atoms with E-state index in [2.05, 4.69) is 11.2 Å². The quantitative estimate of drug-likeness (QED) is 0.623. The summed E-state index contributed by atoms with van der Waals surface area (Å²) >= 11 is 1.96. The molecular weight excluding hydrogens is 170 g/mol. The summed E-state index contributed by atoms with van der Waals surface area (Å²) < 4.78 is 0. The van der Waals surface area contributed by atoms with Crippen LogP contribution in [0.5, 0.6) is 0 Å². The van der Waals surface area contributed by atoms with Crippen molar-refractivity contribution in [1.82, 2.24) is 4.90 Å². The van der Waals surface area contributed by atoms with E-state index in [1.807, 2.05) is 11.8 Å². The monoisotopic (exact) mass is 187 g/mol. The number of aldehydes is 1. The van der Waals surface area contributed by atoms with Crippen LogP contribution in [0, 0.1) is 0 Å². The number of likely N-dealkylation sites (tertiary alicyclic amines) is 1. The van der Waals surface area contributed by atoms with E-state index < -0.39 is 0 Å². The van der Waals surface area contributed by atoms with Gasteiger partial charge in [0.1, 0.15) is 6.29 Å². The number of nitrogens with zero attached hydrogens (tertiary/aromatic N) is 1. The summed E-state index contributed by atoms with van der Waals surface area (Å²) in [5.41, 5.74) is 0. The Morgan fingerprint density at radius 2 is 2.33 bits per heavy atom. The second-order valence-corrected chi connectivity index (χ2v) is 4.39. The first-order valence-electron chi connectivity index (χ1n) is 4.55. The highest BCUT2D eigenvalue weighted by Gasteiger charge is 2.14. The maximum atomic E-state index is 10.3. The summed E-state index contributed by atoms with van der Waals surface area (Å²) in [6.07, 6.45) is 7.00. The molecule has 1 aliphatic heterocycles. The molecule has 1 aliphatic rings. The van der Waals surface area contributed by atoms with Gasteiger partial charge < -0.3 is 4.79 Å². The molecule has 1 saturated heterocycles. The zero-order valence-electron chi connectivity index (χ0n) is 7.66. The van der Waals surface area contributed by atoms with Crippen molar-refractivity contribution in [1.29, 1.82) is 0 Å². The zero-order valence-corrected chi connectivity index (χ0v) is 8.48. The first kappa shape index (κ1) is 10.1. The van der Waals surface area contributed by atoms with Crippen LogP contribution < -0.4 is 0 Å². The fourth-order valence-electron chi connectivity index (χ4n) is 1.65. The largest absolute Gasteiger partial charge is 0.302 e. The molecule has 0 amide bonds. The SMILES string of the molecule is CSC1CCCN(CC=O)CC1. The van der Waals surface area contributed by atoms with Crippen molar-refractivity contribution in [3.63, 3.8) is 0 Å². The lowest BCUT2D eigenvalue weighted by molar-refractivity contribution is -0.108. The molecule has 0 bridgehead atoms. The molecule has 2 nitrogen and oxygen atoms in total. The number of carbonyl (C=O) groups excluding carboxylic acids is 1. The molecule has 0 saturated carbocycles. The molecule has 3 heteroatoms. The van der Waals surface area contributed by atoms with E-state index in [1.165, 1.54) is 19.3 Å². The van der Waals surface area contributed by atoms with Gasteiger partial charge in [0.2, 0.25) is 0 Å². The highest BCUT2D eigenvalue weighted by Crippen LogP contribution is 2.20. The van der Waals surface area contributed by atoms with Gasteiger partial charge >= 0.3 is 0 Å². The number of hydrogen-bond acceptors (Lipinski definition) is 3. The third-order valence-electron chi connectivity index (χ3n) is 2.43. The Labute approximate surface area is 78.7 Å². The molecular formula is C9H17NOS. The standard InChI is InChI=1S/C9H17NOS/c1-12-9-3-2-5-10(6-4-9)7-8-11/h8-9H,2-7H2,1H3. The number of carbonyl (C=O) groups is 1. The second kappa shape index (κ2) is 5.60. The average Bonchev–Trinajstić information content (AvgIpc) is 2.31. The topological polar surface area (TPSA) is 20.3 Å². The van der Waals surface area contributed by atoms with Gasteiger partial charge in [0.15, 0.2) is 0 Å². The van der Waals surface area contributed by atoms with E-state index in [4.69, 9.17) is 0 Å². The Morgan fingerprint density at radius 3 is 3.00 bits per heavy atom. The van der Waals surface area contributed by atoms with Crippen LogP contribution in [-0.2, 0) is 4.79 Å². The number of hydrogen-bond donors (Lipinski definition) is 0. The van der Waals surface area contributed by atoms with E-state index in [9.17, 15) is 4.79 Å². The minimum atomic E-state index is 0.626. The van der Waals surface area contributed by atoms with E-state index in [0.29, 0.717) is 6.54 Å². The minimum Gasteiger partial charge on any atom is -0.302 e. The maximum absolute atomic E-state index is 10.3. The molecule has 1 atom stereocenters. The third-order valence-corrected chi connectivity index (χ3v) is 3.57. The second-order valence-electron chi connectivity index (χ2n) is 3.26. The third kappa shape index (κ3) is 3.15. The minimum absolute atomic E-state index is 0.626. The van der Waals surface area contributed by atoms with Crippen molar-refractivity contribution in [2.75, 3.05) is 25.9 Å². The normalized spacial score (nSPS) is 26.6. The molecule has 0 aromatic rings. The molecule has 1 rings (SSSR count). The lowest BCUT2D eigenvalue weighted by Crippen LogP contribution is -2.26. The van der Waals surface area contributed by atoms with Crippen molar-refractivity contribution < 1.29 is 4.79 Å². The summed E-state index contributed by atoms with van der Waals surface area (Å²) in [6, 6.07) is 0. The molecule has 1 unspecified atom stereocenters. The zero-order chi connectivity index (χ0) is 8.81. The first-order chi connectivity index (χ1) is 5.86. The van der Waals surface area contributed by atoms with Crippen molar-refractivity contribution in [3.05, 3.63) is 0 Å². The smallest absolute Gasteiger partial charge is 0.133 e. The Morgan fingerprint density at radius 1 is 1.50 bits per heavy atom. The van der Waals surface area contributed by atoms with Gasteiger partial charge in [0, 0.05) is 5.25 Å². The van der Waals surface area contributed by atoms with E-state index in [0.717, 1.165) is 24.6 Å². The van der Waals surface area contributed by atoms with Gasteiger partial charge in [-0.1, -0.05) is 0 Å². The predicted molar refractivity (Wildman–Crippen MR) is 53.7 cm³/mol. The number of thioether (sulfide) groups is 1. The van der Waals surface area contributed by atoms with E-state index in [1.54, 1.807) is 0 Å².